The molecule has 1 aliphatic heterocycles. The molecule has 1 amide bonds. The van der Waals surface area contributed by atoms with Crippen LogP contribution < -0.4 is 5.32 Å². The van der Waals surface area contributed by atoms with E-state index in [9.17, 15) is 18.0 Å². The van der Waals surface area contributed by atoms with E-state index in [1.165, 1.54) is 0 Å². The molecule has 0 bridgehead atoms. The molecule has 0 aromatic heterocycles. The Balaban J connectivity index is 0.00000625. The highest BCUT2D eigenvalue weighted by Crippen LogP contribution is 2.28. The Morgan fingerprint density at radius 1 is 1.31 bits per heavy atom. The summed E-state index contributed by atoms with van der Waals surface area (Å²) < 4.78 is 37.1. The van der Waals surface area contributed by atoms with Gasteiger partial charge in [-0.2, -0.15) is 13.2 Å². The molecule has 1 rings (SSSR count). The van der Waals surface area contributed by atoms with Crippen molar-refractivity contribution in [2.75, 3.05) is 39.8 Å². The summed E-state index contributed by atoms with van der Waals surface area (Å²) in [4.78, 5) is 18.9. The number of likely N-dealkylation sites (N-methyl/N-ethyl adjacent to an activating group) is 1. The lowest BCUT2D eigenvalue weighted by molar-refractivity contribution is -0.157. The molecule has 0 spiro atoms. The monoisotopic (exact) mass is 492 g/mol. The van der Waals surface area contributed by atoms with Crippen molar-refractivity contribution >= 4 is 35.8 Å². The van der Waals surface area contributed by atoms with Gasteiger partial charge in [-0.25, -0.2) is 4.99 Å². The van der Waals surface area contributed by atoms with E-state index >= 15 is 0 Å². The minimum absolute atomic E-state index is 0. The third kappa shape index (κ3) is 8.30. The van der Waals surface area contributed by atoms with Crippen molar-refractivity contribution in [3.05, 3.63) is 0 Å². The summed E-state index contributed by atoms with van der Waals surface area (Å²) in [6.45, 7) is 7.19. The van der Waals surface area contributed by atoms with E-state index in [1.54, 1.807) is 0 Å². The molecule has 1 fully saturated rings. The maximum atomic E-state index is 12.4. The zero-order valence-corrected chi connectivity index (χ0v) is 18.4. The summed E-state index contributed by atoms with van der Waals surface area (Å²) in [5.41, 5.74) is 0. The second-order valence-electron chi connectivity index (χ2n) is 6.61. The van der Waals surface area contributed by atoms with Gasteiger partial charge < -0.3 is 15.1 Å². The first-order valence-corrected chi connectivity index (χ1v) is 9.05. The molecule has 0 saturated carbocycles. The molecular formula is C17H32F3IN4O. The Morgan fingerprint density at radius 3 is 2.42 bits per heavy atom. The zero-order chi connectivity index (χ0) is 19.0. The van der Waals surface area contributed by atoms with Gasteiger partial charge in [0.1, 0.15) is 13.1 Å². The number of aliphatic imine (C=N–C) groups is 1. The Hall–Kier alpha value is -0.740. The lowest BCUT2D eigenvalue weighted by atomic mass is 9.87. The van der Waals surface area contributed by atoms with Crippen molar-refractivity contribution in [2.24, 2.45) is 16.8 Å². The molecule has 26 heavy (non-hydrogen) atoms. The second kappa shape index (κ2) is 11.9. The van der Waals surface area contributed by atoms with Crippen LogP contribution in [0.4, 0.5) is 13.2 Å². The fraction of sp³-hybridized carbons (Fsp3) is 0.882. The van der Waals surface area contributed by atoms with Gasteiger partial charge in [-0.1, -0.05) is 26.7 Å². The molecule has 1 aliphatic rings. The molecular weight excluding hydrogens is 460 g/mol. The predicted octanol–water partition coefficient (Wildman–Crippen LogP) is 3.35. The summed E-state index contributed by atoms with van der Waals surface area (Å²) in [6.07, 6.45) is -1.03. The molecule has 154 valence electrons. The predicted molar refractivity (Wildman–Crippen MR) is 109 cm³/mol. The number of likely N-dealkylation sites (tertiary alicyclic amines) is 1. The second-order valence-corrected chi connectivity index (χ2v) is 6.61. The molecule has 1 unspecified atom stereocenters. The van der Waals surface area contributed by atoms with Crippen molar-refractivity contribution < 1.29 is 18.0 Å². The number of rotatable bonds is 7. The van der Waals surface area contributed by atoms with Gasteiger partial charge >= 0.3 is 6.18 Å². The van der Waals surface area contributed by atoms with Crippen molar-refractivity contribution in [1.82, 2.24) is 15.1 Å². The minimum atomic E-state index is -4.39. The topological polar surface area (TPSA) is 47.9 Å². The van der Waals surface area contributed by atoms with Crippen LogP contribution in [-0.2, 0) is 4.79 Å². The van der Waals surface area contributed by atoms with Crippen LogP contribution in [0.2, 0.25) is 0 Å². The number of guanidine groups is 1. The average Bonchev–Trinajstić information content (AvgIpc) is 3.00. The first-order valence-electron chi connectivity index (χ1n) is 9.05. The summed E-state index contributed by atoms with van der Waals surface area (Å²) in [5, 5.41) is 3.15. The first kappa shape index (κ1) is 25.3. The van der Waals surface area contributed by atoms with E-state index in [2.05, 4.69) is 29.1 Å². The molecule has 9 heteroatoms. The number of alkyl halides is 3. The summed E-state index contributed by atoms with van der Waals surface area (Å²) in [5.74, 6) is 1.25. The lowest BCUT2D eigenvalue weighted by Crippen LogP contribution is -2.42. The normalized spacial score (nSPS) is 18.1. The summed E-state index contributed by atoms with van der Waals surface area (Å²) in [6, 6.07) is 0. The van der Waals surface area contributed by atoms with Gasteiger partial charge in [-0.05, 0) is 25.2 Å². The highest BCUT2D eigenvalue weighted by atomic mass is 127. The quantitative estimate of drug-likeness (QED) is 0.337. The molecule has 1 N–H and O–H groups in total. The number of amides is 1. The van der Waals surface area contributed by atoms with Gasteiger partial charge in [0.15, 0.2) is 5.96 Å². The Kier molecular flexibility index (Phi) is 11.5. The number of carbonyl (C=O) groups excluding carboxylic acids is 1. The van der Waals surface area contributed by atoms with Crippen LogP contribution in [0.25, 0.3) is 0 Å². The van der Waals surface area contributed by atoms with Gasteiger partial charge in [0.25, 0.3) is 0 Å². The van der Waals surface area contributed by atoms with E-state index in [0.29, 0.717) is 29.2 Å². The highest BCUT2D eigenvalue weighted by molar-refractivity contribution is 14.0. The third-order valence-electron chi connectivity index (χ3n) is 4.78. The maximum Gasteiger partial charge on any atom is 0.406 e. The molecule has 0 aliphatic carbocycles. The number of hydrogen-bond acceptors (Lipinski definition) is 2. The largest absolute Gasteiger partial charge is 0.406 e. The Labute approximate surface area is 171 Å². The minimum Gasteiger partial charge on any atom is -0.357 e. The van der Waals surface area contributed by atoms with Crippen molar-refractivity contribution in [3.63, 3.8) is 0 Å². The third-order valence-corrected chi connectivity index (χ3v) is 4.78. The van der Waals surface area contributed by atoms with Gasteiger partial charge in [0.2, 0.25) is 5.91 Å². The average molecular weight is 492 g/mol. The van der Waals surface area contributed by atoms with Crippen LogP contribution in [0.15, 0.2) is 4.99 Å². The molecule has 0 radical (unpaired) electrons. The lowest BCUT2D eigenvalue weighted by Gasteiger charge is -2.24. The van der Waals surface area contributed by atoms with E-state index in [-0.39, 0.29) is 30.5 Å². The zero-order valence-electron chi connectivity index (χ0n) is 16.1. The maximum absolute atomic E-state index is 12.4. The summed E-state index contributed by atoms with van der Waals surface area (Å²) in [7, 11) is 1.15. The standard InChI is InChI=1S/C17H31F3N4O.HI/c1-5-13(6-2)14-8-9-24(11-14)16(21-7-3)22-10-15(25)23(4)12-17(18,19)20;/h13-14H,5-12H2,1-4H3,(H,21,22);1H. The van der Waals surface area contributed by atoms with E-state index in [1.807, 2.05) is 6.92 Å². The Bertz CT molecular complexity index is 456. The van der Waals surface area contributed by atoms with Crippen molar-refractivity contribution in [2.45, 2.75) is 46.2 Å². The number of nitrogens with one attached hydrogen (secondary N) is 1. The number of nitrogens with zero attached hydrogens (tertiary/aromatic N) is 3. The number of carbonyl (C=O) groups is 1. The molecule has 5 nitrogen and oxygen atoms in total. The fourth-order valence-corrected chi connectivity index (χ4v) is 3.37. The van der Waals surface area contributed by atoms with Crippen LogP contribution in [0, 0.1) is 11.8 Å². The smallest absolute Gasteiger partial charge is 0.357 e. The number of halogens is 4. The fourth-order valence-electron chi connectivity index (χ4n) is 3.37. The van der Waals surface area contributed by atoms with Crippen LogP contribution >= 0.6 is 24.0 Å². The van der Waals surface area contributed by atoms with Gasteiger partial charge in [0.05, 0.1) is 0 Å². The van der Waals surface area contributed by atoms with Crippen LogP contribution in [0.1, 0.15) is 40.0 Å². The van der Waals surface area contributed by atoms with Gasteiger partial charge in [0, 0.05) is 26.7 Å². The van der Waals surface area contributed by atoms with Crippen LogP contribution in [0.3, 0.4) is 0 Å². The first-order chi connectivity index (χ1) is 11.7. The van der Waals surface area contributed by atoms with Crippen LogP contribution in [-0.4, -0.2) is 67.6 Å². The van der Waals surface area contributed by atoms with Gasteiger partial charge in [-0.15, -0.1) is 24.0 Å². The summed E-state index contributed by atoms with van der Waals surface area (Å²) >= 11 is 0. The number of hydrogen-bond donors (Lipinski definition) is 1. The van der Waals surface area contributed by atoms with Crippen molar-refractivity contribution in [1.29, 1.82) is 0 Å². The molecule has 0 aromatic carbocycles. The molecule has 1 saturated heterocycles. The van der Waals surface area contributed by atoms with Crippen LogP contribution in [0.5, 0.6) is 0 Å². The van der Waals surface area contributed by atoms with Crippen molar-refractivity contribution in [3.8, 4) is 0 Å². The SMILES string of the molecule is CCNC(=NCC(=O)N(C)CC(F)(F)F)N1CCC(C(CC)CC)C1.I. The Morgan fingerprint density at radius 2 is 1.92 bits per heavy atom. The van der Waals surface area contributed by atoms with E-state index in [4.69, 9.17) is 0 Å². The van der Waals surface area contributed by atoms with E-state index < -0.39 is 18.6 Å². The van der Waals surface area contributed by atoms with Gasteiger partial charge in [-0.3, -0.25) is 4.79 Å². The molecule has 1 heterocycles. The van der Waals surface area contributed by atoms with E-state index in [0.717, 1.165) is 39.4 Å². The highest BCUT2D eigenvalue weighted by Gasteiger charge is 2.32. The molecule has 1 atom stereocenters. The molecule has 0 aromatic rings.